The third-order valence-corrected chi connectivity index (χ3v) is 6.02. The maximum Gasteiger partial charge on any atom is 0.340 e. The summed E-state index contributed by atoms with van der Waals surface area (Å²) in [5.74, 6) is -1.47. The molecular weight excluding hydrogens is 428 g/mol. The molecule has 2 heterocycles. The highest BCUT2D eigenvalue weighted by Gasteiger charge is 2.34. The summed E-state index contributed by atoms with van der Waals surface area (Å²) in [5, 5.41) is 1.82. The van der Waals surface area contributed by atoms with Gasteiger partial charge in [-0.3, -0.25) is 19.3 Å². The minimum atomic E-state index is -0.575. The third kappa shape index (κ3) is 4.04. The van der Waals surface area contributed by atoms with Gasteiger partial charge in [0, 0.05) is 13.6 Å². The summed E-state index contributed by atoms with van der Waals surface area (Å²) in [7, 11) is 1.61. The van der Waals surface area contributed by atoms with Crippen LogP contribution >= 0.6 is 11.3 Å². The number of esters is 1. The molecule has 0 radical (unpaired) electrons. The molecule has 0 fully saturated rings. The molecule has 0 unspecified atom stereocenters. The van der Waals surface area contributed by atoms with Gasteiger partial charge in [-0.2, -0.15) is 0 Å². The maximum absolute atomic E-state index is 12.7. The molecule has 4 rings (SSSR count). The van der Waals surface area contributed by atoms with Gasteiger partial charge >= 0.3 is 5.97 Å². The van der Waals surface area contributed by atoms with E-state index < -0.39 is 5.97 Å². The smallest absolute Gasteiger partial charge is 0.340 e. The van der Waals surface area contributed by atoms with Gasteiger partial charge in [0.15, 0.2) is 0 Å². The monoisotopic (exact) mass is 448 g/mol. The first-order chi connectivity index (χ1) is 15.5. The highest BCUT2D eigenvalue weighted by molar-refractivity contribution is 7.12. The van der Waals surface area contributed by atoms with Crippen LogP contribution in [0.5, 0.6) is 0 Å². The van der Waals surface area contributed by atoms with Crippen LogP contribution in [-0.4, -0.2) is 48.8 Å². The van der Waals surface area contributed by atoms with Crippen molar-refractivity contribution in [1.29, 1.82) is 0 Å². The summed E-state index contributed by atoms with van der Waals surface area (Å²) in [4.78, 5) is 53.3. The Balaban J connectivity index is 1.36. The Hall–Kier alpha value is -3.78. The number of fused-ring (bicyclic) bond motifs is 1. The van der Waals surface area contributed by atoms with Gasteiger partial charge in [0.25, 0.3) is 17.7 Å². The summed E-state index contributed by atoms with van der Waals surface area (Å²) >= 11 is 1.33. The second-order valence-electron chi connectivity index (χ2n) is 7.16. The number of benzene rings is 2. The number of anilines is 1. The predicted molar refractivity (Wildman–Crippen MR) is 120 cm³/mol. The van der Waals surface area contributed by atoms with Crippen molar-refractivity contribution < 1.29 is 23.9 Å². The number of amides is 3. The summed E-state index contributed by atoms with van der Waals surface area (Å²) in [6, 6.07) is 16.9. The number of nitrogens with zero attached hydrogens (tertiary/aromatic N) is 2. The van der Waals surface area contributed by atoms with Gasteiger partial charge in [0.2, 0.25) is 0 Å². The van der Waals surface area contributed by atoms with E-state index >= 15 is 0 Å². The Morgan fingerprint density at radius 3 is 2.25 bits per heavy atom. The fourth-order valence-electron chi connectivity index (χ4n) is 3.52. The molecule has 0 atom stereocenters. The summed E-state index contributed by atoms with van der Waals surface area (Å²) in [5.41, 5.74) is 1.49. The van der Waals surface area contributed by atoms with Gasteiger partial charge in [-0.05, 0) is 42.1 Å². The van der Waals surface area contributed by atoms with Crippen LogP contribution in [0.4, 0.5) is 5.69 Å². The van der Waals surface area contributed by atoms with Crippen molar-refractivity contribution in [3.8, 4) is 0 Å². The summed E-state index contributed by atoms with van der Waals surface area (Å²) in [6.45, 7) is 0.182. The molecule has 8 heteroatoms. The normalized spacial score (nSPS) is 12.6. The second-order valence-corrected chi connectivity index (χ2v) is 8.10. The van der Waals surface area contributed by atoms with Gasteiger partial charge < -0.3 is 9.64 Å². The van der Waals surface area contributed by atoms with E-state index in [1.54, 1.807) is 67.7 Å². The molecule has 1 aliphatic heterocycles. The molecular formula is C24H20N2O5S. The van der Waals surface area contributed by atoms with Crippen LogP contribution < -0.4 is 4.90 Å². The molecule has 1 aromatic heterocycles. The first-order valence-corrected chi connectivity index (χ1v) is 10.9. The molecule has 1 aliphatic rings. The zero-order valence-electron chi connectivity index (χ0n) is 17.3. The molecule has 3 aromatic rings. The van der Waals surface area contributed by atoms with Gasteiger partial charge in [-0.25, -0.2) is 4.79 Å². The Morgan fingerprint density at radius 1 is 0.938 bits per heavy atom. The quantitative estimate of drug-likeness (QED) is 0.311. The van der Waals surface area contributed by atoms with Crippen molar-refractivity contribution in [2.75, 3.05) is 25.1 Å². The van der Waals surface area contributed by atoms with E-state index in [-0.39, 0.29) is 36.4 Å². The van der Waals surface area contributed by atoms with Crippen LogP contribution in [0.3, 0.4) is 0 Å². The lowest BCUT2D eigenvalue weighted by Gasteiger charge is -2.19. The molecule has 0 aliphatic carbocycles. The molecule has 0 N–H and O–H groups in total. The van der Waals surface area contributed by atoms with E-state index in [9.17, 15) is 19.2 Å². The minimum Gasteiger partial charge on any atom is -0.462 e. The van der Waals surface area contributed by atoms with Gasteiger partial charge in [-0.15, -0.1) is 11.3 Å². The van der Waals surface area contributed by atoms with Crippen molar-refractivity contribution in [3.63, 3.8) is 0 Å². The number of imide groups is 1. The van der Waals surface area contributed by atoms with Gasteiger partial charge in [-0.1, -0.05) is 30.3 Å². The average molecular weight is 449 g/mol. The Labute approximate surface area is 188 Å². The number of carbonyl (C=O) groups excluding carboxylic acids is 4. The maximum atomic E-state index is 12.7. The molecule has 0 saturated heterocycles. The van der Waals surface area contributed by atoms with E-state index in [2.05, 4.69) is 0 Å². The lowest BCUT2D eigenvalue weighted by molar-refractivity contribution is 0.0483. The first kappa shape index (κ1) is 21.5. The fourth-order valence-corrected chi connectivity index (χ4v) is 4.22. The molecule has 2 aromatic carbocycles. The van der Waals surface area contributed by atoms with E-state index in [1.165, 1.54) is 21.1 Å². The van der Waals surface area contributed by atoms with E-state index in [4.69, 9.17) is 4.74 Å². The molecule has 7 nitrogen and oxygen atoms in total. The topological polar surface area (TPSA) is 84.0 Å². The Morgan fingerprint density at radius 2 is 1.59 bits per heavy atom. The van der Waals surface area contributed by atoms with Crippen molar-refractivity contribution >= 4 is 40.7 Å². The SMILES string of the molecule is CN(C(=O)c1cccs1)c1ccccc1C(=O)OCCCN1C(=O)c2ccccc2C1=O. The first-order valence-electron chi connectivity index (χ1n) is 10.0. The number of carbonyl (C=O) groups is 4. The molecule has 0 bridgehead atoms. The fraction of sp³-hybridized carbons (Fsp3) is 0.167. The van der Waals surface area contributed by atoms with Crippen LogP contribution in [0.2, 0.25) is 0 Å². The highest BCUT2D eigenvalue weighted by atomic mass is 32.1. The van der Waals surface area contributed by atoms with Crippen LogP contribution in [-0.2, 0) is 4.74 Å². The van der Waals surface area contributed by atoms with Crippen LogP contribution in [0.25, 0.3) is 0 Å². The summed E-state index contributed by atoms with van der Waals surface area (Å²) in [6.07, 6.45) is 0.309. The molecule has 0 spiro atoms. The van der Waals surface area contributed by atoms with Gasteiger partial charge in [0.1, 0.15) is 0 Å². The largest absolute Gasteiger partial charge is 0.462 e. The molecule has 32 heavy (non-hydrogen) atoms. The number of hydrogen-bond acceptors (Lipinski definition) is 6. The van der Waals surface area contributed by atoms with Crippen molar-refractivity contribution in [2.45, 2.75) is 6.42 Å². The Bertz CT molecular complexity index is 1150. The van der Waals surface area contributed by atoms with E-state index in [0.29, 0.717) is 28.1 Å². The highest BCUT2D eigenvalue weighted by Crippen LogP contribution is 2.24. The summed E-state index contributed by atoms with van der Waals surface area (Å²) < 4.78 is 5.37. The van der Waals surface area contributed by atoms with Crippen molar-refractivity contribution in [1.82, 2.24) is 4.90 Å². The van der Waals surface area contributed by atoms with Crippen LogP contribution in [0, 0.1) is 0 Å². The average Bonchev–Trinajstić information content (AvgIpc) is 3.44. The number of thiophene rings is 1. The third-order valence-electron chi connectivity index (χ3n) is 5.16. The van der Waals surface area contributed by atoms with Gasteiger partial charge in [0.05, 0.1) is 33.9 Å². The lowest BCUT2D eigenvalue weighted by Crippen LogP contribution is -2.31. The molecule has 162 valence electrons. The lowest BCUT2D eigenvalue weighted by atomic mass is 10.1. The predicted octanol–water partition coefficient (Wildman–Crippen LogP) is 3.87. The number of ether oxygens (including phenoxy) is 1. The zero-order valence-corrected chi connectivity index (χ0v) is 18.1. The van der Waals surface area contributed by atoms with E-state index in [1.807, 2.05) is 5.38 Å². The Kier molecular flexibility index (Phi) is 6.13. The van der Waals surface area contributed by atoms with Crippen molar-refractivity contribution in [3.05, 3.63) is 87.6 Å². The van der Waals surface area contributed by atoms with Crippen LogP contribution in [0.1, 0.15) is 47.2 Å². The van der Waals surface area contributed by atoms with Crippen LogP contribution in [0.15, 0.2) is 66.0 Å². The number of para-hydroxylation sites is 1. The minimum absolute atomic E-state index is 0.0309. The zero-order chi connectivity index (χ0) is 22.7. The number of hydrogen-bond donors (Lipinski definition) is 0. The van der Waals surface area contributed by atoms with Crippen molar-refractivity contribution in [2.24, 2.45) is 0 Å². The second kappa shape index (κ2) is 9.15. The molecule has 0 saturated carbocycles. The van der Waals surface area contributed by atoms with E-state index in [0.717, 1.165) is 0 Å². The molecule has 3 amide bonds. The number of rotatable bonds is 7. The standard InChI is InChI=1S/C24H20N2O5S/c1-25(23(29)20-12-6-15-32-20)19-11-5-4-10-18(19)24(30)31-14-7-13-26-21(27)16-8-2-3-9-17(16)22(26)28/h2-6,8-12,15H,7,13-14H2,1H3.